The third-order valence-electron chi connectivity index (χ3n) is 3.49. The minimum absolute atomic E-state index is 0.378. The fourth-order valence-corrected chi connectivity index (χ4v) is 2.42. The van der Waals surface area contributed by atoms with Gasteiger partial charge in [0.25, 0.3) is 0 Å². The zero-order valence-corrected chi connectivity index (χ0v) is 12.2. The summed E-state index contributed by atoms with van der Waals surface area (Å²) in [4.78, 5) is 2.16. The fraction of sp³-hybridized carbons (Fsp3) is 0.600. The quantitative estimate of drug-likeness (QED) is 0.827. The number of β-amino-alcohol motifs (C(OH)–C–C–N with tert-alkyl or cyclic N) is 1. The molecule has 2 rings (SSSR count). The number of hydrogen-bond donors (Lipinski definition) is 2. The SMILES string of the molecule is CC(O)(CNCc1ccc(F)c(F)c1)CN1CCOCC1. The second-order valence-electron chi connectivity index (χ2n) is 5.74. The summed E-state index contributed by atoms with van der Waals surface area (Å²) in [5.41, 5.74) is -0.230. The summed E-state index contributed by atoms with van der Waals surface area (Å²) in [7, 11) is 0. The van der Waals surface area contributed by atoms with Crippen molar-refractivity contribution in [1.29, 1.82) is 0 Å². The Hall–Kier alpha value is -1.08. The van der Waals surface area contributed by atoms with Crippen molar-refractivity contribution in [2.75, 3.05) is 39.4 Å². The molecule has 1 fully saturated rings. The van der Waals surface area contributed by atoms with Gasteiger partial charge in [0.05, 0.1) is 18.8 Å². The van der Waals surface area contributed by atoms with E-state index in [-0.39, 0.29) is 0 Å². The van der Waals surface area contributed by atoms with Gasteiger partial charge in [-0.25, -0.2) is 8.78 Å². The van der Waals surface area contributed by atoms with Gasteiger partial charge in [0.2, 0.25) is 0 Å². The van der Waals surface area contributed by atoms with Gasteiger partial charge in [-0.15, -0.1) is 0 Å². The fourth-order valence-electron chi connectivity index (χ4n) is 2.42. The molecule has 1 saturated heterocycles. The second-order valence-corrected chi connectivity index (χ2v) is 5.74. The molecule has 1 aromatic rings. The van der Waals surface area contributed by atoms with E-state index in [1.807, 2.05) is 0 Å². The Morgan fingerprint density at radius 3 is 2.67 bits per heavy atom. The lowest BCUT2D eigenvalue weighted by Crippen LogP contribution is -2.50. The molecule has 0 saturated carbocycles. The Morgan fingerprint density at radius 2 is 2.00 bits per heavy atom. The molecule has 118 valence electrons. The average molecular weight is 300 g/mol. The van der Waals surface area contributed by atoms with Crippen molar-refractivity contribution in [3.8, 4) is 0 Å². The maximum absolute atomic E-state index is 13.1. The minimum Gasteiger partial charge on any atom is -0.388 e. The smallest absolute Gasteiger partial charge is 0.159 e. The Morgan fingerprint density at radius 1 is 1.29 bits per heavy atom. The zero-order chi connectivity index (χ0) is 15.3. The van der Waals surface area contributed by atoms with Crippen molar-refractivity contribution in [3.05, 3.63) is 35.4 Å². The van der Waals surface area contributed by atoms with Crippen LogP contribution in [-0.4, -0.2) is 55.0 Å². The van der Waals surface area contributed by atoms with Gasteiger partial charge < -0.3 is 15.2 Å². The molecule has 1 aromatic carbocycles. The van der Waals surface area contributed by atoms with Crippen LogP contribution in [0.1, 0.15) is 12.5 Å². The van der Waals surface area contributed by atoms with Crippen LogP contribution in [0.4, 0.5) is 8.78 Å². The van der Waals surface area contributed by atoms with Gasteiger partial charge in [0.15, 0.2) is 11.6 Å². The molecule has 0 aromatic heterocycles. The van der Waals surface area contributed by atoms with Crippen LogP contribution in [0.25, 0.3) is 0 Å². The highest BCUT2D eigenvalue weighted by Gasteiger charge is 2.24. The van der Waals surface area contributed by atoms with Crippen LogP contribution in [-0.2, 0) is 11.3 Å². The van der Waals surface area contributed by atoms with Gasteiger partial charge in [0, 0.05) is 32.7 Å². The van der Waals surface area contributed by atoms with E-state index in [9.17, 15) is 13.9 Å². The summed E-state index contributed by atoms with van der Waals surface area (Å²) in [6.45, 7) is 6.11. The van der Waals surface area contributed by atoms with E-state index in [0.29, 0.717) is 38.4 Å². The highest BCUT2D eigenvalue weighted by molar-refractivity contribution is 5.17. The number of ether oxygens (including phenoxy) is 1. The molecule has 4 nitrogen and oxygen atoms in total. The predicted octanol–water partition coefficient (Wildman–Crippen LogP) is 1.14. The first-order valence-corrected chi connectivity index (χ1v) is 7.13. The standard InChI is InChI=1S/C15H22F2N2O2/c1-15(20,11-19-4-6-21-7-5-19)10-18-9-12-2-3-13(16)14(17)8-12/h2-3,8,18,20H,4-7,9-11H2,1H3. The molecule has 2 N–H and O–H groups in total. The summed E-state index contributed by atoms with van der Waals surface area (Å²) < 4.78 is 31.2. The van der Waals surface area contributed by atoms with Crippen LogP contribution < -0.4 is 5.32 Å². The van der Waals surface area contributed by atoms with Crippen LogP contribution >= 0.6 is 0 Å². The van der Waals surface area contributed by atoms with Crippen molar-refractivity contribution in [2.45, 2.75) is 19.1 Å². The molecular weight excluding hydrogens is 278 g/mol. The first kappa shape index (κ1) is 16.3. The second kappa shape index (κ2) is 7.26. The zero-order valence-electron chi connectivity index (χ0n) is 12.2. The molecule has 0 radical (unpaired) electrons. The van der Waals surface area contributed by atoms with Gasteiger partial charge in [-0.3, -0.25) is 4.90 Å². The highest BCUT2D eigenvalue weighted by Crippen LogP contribution is 2.10. The van der Waals surface area contributed by atoms with Crippen LogP contribution in [0.15, 0.2) is 18.2 Å². The Kier molecular flexibility index (Phi) is 5.64. The average Bonchev–Trinajstić information content (AvgIpc) is 2.43. The number of morpholine rings is 1. The van der Waals surface area contributed by atoms with Crippen LogP contribution in [0.2, 0.25) is 0 Å². The van der Waals surface area contributed by atoms with E-state index in [2.05, 4.69) is 10.2 Å². The van der Waals surface area contributed by atoms with Crippen molar-refractivity contribution in [2.24, 2.45) is 0 Å². The predicted molar refractivity (Wildman–Crippen MR) is 75.9 cm³/mol. The molecule has 0 bridgehead atoms. The molecule has 1 unspecified atom stereocenters. The first-order chi connectivity index (χ1) is 9.96. The molecule has 6 heteroatoms. The van der Waals surface area contributed by atoms with Crippen molar-refractivity contribution >= 4 is 0 Å². The van der Waals surface area contributed by atoms with Crippen molar-refractivity contribution in [1.82, 2.24) is 10.2 Å². The van der Waals surface area contributed by atoms with E-state index in [1.165, 1.54) is 12.1 Å². The first-order valence-electron chi connectivity index (χ1n) is 7.13. The van der Waals surface area contributed by atoms with Crippen molar-refractivity contribution < 1.29 is 18.6 Å². The number of halogens is 2. The van der Waals surface area contributed by atoms with Gasteiger partial charge in [-0.05, 0) is 24.6 Å². The molecule has 1 heterocycles. The molecule has 0 aliphatic carbocycles. The lowest BCUT2D eigenvalue weighted by molar-refractivity contribution is -0.0219. The third kappa shape index (κ3) is 5.32. The number of nitrogens with zero attached hydrogens (tertiary/aromatic N) is 1. The number of benzene rings is 1. The van der Waals surface area contributed by atoms with Crippen molar-refractivity contribution in [3.63, 3.8) is 0 Å². The topological polar surface area (TPSA) is 44.7 Å². The maximum atomic E-state index is 13.1. The summed E-state index contributed by atoms with van der Waals surface area (Å²) in [6.07, 6.45) is 0. The van der Waals surface area contributed by atoms with Crippen LogP contribution in [0.5, 0.6) is 0 Å². The van der Waals surface area contributed by atoms with E-state index in [1.54, 1.807) is 6.92 Å². The molecule has 1 atom stereocenters. The van der Waals surface area contributed by atoms with Gasteiger partial charge in [-0.1, -0.05) is 6.07 Å². The lowest BCUT2D eigenvalue weighted by Gasteiger charge is -2.34. The van der Waals surface area contributed by atoms with Gasteiger partial charge >= 0.3 is 0 Å². The van der Waals surface area contributed by atoms with E-state index >= 15 is 0 Å². The number of aliphatic hydroxyl groups is 1. The molecular formula is C15H22F2N2O2. The van der Waals surface area contributed by atoms with E-state index in [4.69, 9.17) is 4.74 Å². The molecule has 0 spiro atoms. The maximum Gasteiger partial charge on any atom is 0.159 e. The van der Waals surface area contributed by atoms with Crippen LogP contribution in [0, 0.1) is 11.6 Å². The van der Waals surface area contributed by atoms with E-state index in [0.717, 1.165) is 19.2 Å². The lowest BCUT2D eigenvalue weighted by atomic mass is 10.1. The summed E-state index contributed by atoms with van der Waals surface area (Å²) in [5, 5.41) is 13.4. The molecule has 1 aliphatic rings. The normalized spacial score (nSPS) is 19.4. The molecule has 21 heavy (non-hydrogen) atoms. The van der Waals surface area contributed by atoms with Gasteiger partial charge in [0.1, 0.15) is 0 Å². The van der Waals surface area contributed by atoms with Crippen LogP contribution in [0.3, 0.4) is 0 Å². The molecule has 1 aliphatic heterocycles. The summed E-state index contributed by atoms with van der Waals surface area (Å²) >= 11 is 0. The Balaban J connectivity index is 1.76. The number of nitrogens with one attached hydrogen (secondary N) is 1. The summed E-state index contributed by atoms with van der Waals surface area (Å²) in [5.74, 6) is -1.70. The van der Waals surface area contributed by atoms with Gasteiger partial charge in [-0.2, -0.15) is 0 Å². The monoisotopic (exact) mass is 300 g/mol. The summed E-state index contributed by atoms with van der Waals surface area (Å²) in [6, 6.07) is 3.80. The van der Waals surface area contributed by atoms with E-state index < -0.39 is 17.2 Å². The molecule has 0 amide bonds. The number of rotatable bonds is 6. The number of hydrogen-bond acceptors (Lipinski definition) is 4. The minimum atomic E-state index is -0.879. The largest absolute Gasteiger partial charge is 0.388 e. The Labute approximate surface area is 123 Å². The third-order valence-corrected chi connectivity index (χ3v) is 3.49. The highest BCUT2D eigenvalue weighted by atomic mass is 19.2. The Bertz CT molecular complexity index is 463.